The third-order valence-electron chi connectivity index (χ3n) is 7.13. The maximum atomic E-state index is 12.8. The van der Waals surface area contributed by atoms with Crippen LogP contribution in [0.3, 0.4) is 0 Å². The maximum absolute atomic E-state index is 12.8. The lowest BCUT2D eigenvalue weighted by Gasteiger charge is -2.25. The number of nitrogens with one attached hydrogen (secondary N) is 1. The van der Waals surface area contributed by atoms with Crippen molar-refractivity contribution in [1.82, 2.24) is 10.2 Å². The van der Waals surface area contributed by atoms with Crippen LogP contribution in [0.15, 0.2) is 48.5 Å². The Morgan fingerprint density at radius 2 is 1.62 bits per heavy atom. The van der Waals surface area contributed by atoms with Gasteiger partial charge >= 0.3 is 12.1 Å². The Kier molecular flexibility index (Phi) is 6.91. The molecule has 1 aliphatic heterocycles. The lowest BCUT2D eigenvalue weighted by Crippen LogP contribution is -2.43. The predicted octanol–water partition coefficient (Wildman–Crippen LogP) is 4.12. The number of carboxylic acid groups (broad SMARTS) is 1. The fraction of sp³-hybridized carbons (Fsp3) is 0.444. The quantitative estimate of drug-likeness (QED) is 0.643. The second-order valence-corrected chi connectivity index (χ2v) is 9.75. The van der Waals surface area contributed by atoms with E-state index in [9.17, 15) is 19.5 Å². The van der Waals surface area contributed by atoms with Gasteiger partial charge in [0, 0.05) is 31.5 Å². The fourth-order valence-electron chi connectivity index (χ4n) is 5.05. The summed E-state index contributed by atoms with van der Waals surface area (Å²) in [6, 6.07) is 15.9. The van der Waals surface area contributed by atoms with Gasteiger partial charge in [0.2, 0.25) is 5.91 Å². The number of amides is 2. The molecule has 2 aromatic carbocycles. The van der Waals surface area contributed by atoms with Crippen LogP contribution in [0.5, 0.6) is 0 Å². The molecule has 7 nitrogen and oxygen atoms in total. The third kappa shape index (κ3) is 4.79. The van der Waals surface area contributed by atoms with Crippen LogP contribution in [0.1, 0.15) is 44.2 Å². The second kappa shape index (κ2) is 9.87. The van der Waals surface area contributed by atoms with E-state index in [1.54, 1.807) is 4.90 Å². The van der Waals surface area contributed by atoms with Gasteiger partial charge in [0.15, 0.2) is 0 Å². The molecule has 0 radical (unpaired) electrons. The number of ether oxygens (including phenoxy) is 1. The minimum Gasteiger partial charge on any atom is -0.481 e. The number of alkyl carbamates (subject to hydrolysis) is 1. The molecule has 0 spiro atoms. The van der Waals surface area contributed by atoms with E-state index in [2.05, 4.69) is 29.6 Å². The highest BCUT2D eigenvalue weighted by Gasteiger charge is 2.38. The van der Waals surface area contributed by atoms with Gasteiger partial charge in [-0.25, -0.2) is 4.79 Å². The van der Waals surface area contributed by atoms with Gasteiger partial charge in [-0.3, -0.25) is 9.59 Å². The van der Waals surface area contributed by atoms with E-state index in [0.29, 0.717) is 6.54 Å². The molecule has 3 atom stereocenters. The first-order chi connectivity index (χ1) is 16.3. The summed E-state index contributed by atoms with van der Waals surface area (Å²) < 4.78 is 5.64. The molecule has 2 N–H and O–H groups in total. The number of hydrogen-bond donors (Lipinski definition) is 2. The number of carbonyl (C=O) groups excluding carboxylic acids is 2. The monoisotopic (exact) mass is 464 g/mol. The molecule has 1 aliphatic carbocycles. The Labute approximate surface area is 200 Å². The van der Waals surface area contributed by atoms with E-state index in [1.165, 1.54) is 0 Å². The zero-order valence-corrected chi connectivity index (χ0v) is 19.9. The predicted molar refractivity (Wildman–Crippen MR) is 128 cm³/mol. The van der Waals surface area contributed by atoms with E-state index in [4.69, 9.17) is 4.74 Å². The summed E-state index contributed by atoms with van der Waals surface area (Å²) >= 11 is 0. The van der Waals surface area contributed by atoms with Crippen molar-refractivity contribution in [3.05, 3.63) is 59.7 Å². The number of rotatable bonds is 7. The van der Waals surface area contributed by atoms with Gasteiger partial charge in [-0.2, -0.15) is 0 Å². The molecule has 1 heterocycles. The lowest BCUT2D eigenvalue weighted by molar-refractivity contribution is -0.142. The van der Waals surface area contributed by atoms with E-state index in [1.807, 2.05) is 45.0 Å². The second-order valence-electron chi connectivity index (χ2n) is 9.75. The number of nitrogens with zero attached hydrogens (tertiary/aromatic N) is 1. The first-order valence-electron chi connectivity index (χ1n) is 11.9. The van der Waals surface area contributed by atoms with Gasteiger partial charge in [-0.05, 0) is 34.1 Å². The van der Waals surface area contributed by atoms with Crippen molar-refractivity contribution in [3.8, 4) is 11.1 Å². The van der Waals surface area contributed by atoms with Gasteiger partial charge in [-0.1, -0.05) is 69.3 Å². The molecule has 0 saturated carbocycles. The molecule has 7 heteroatoms. The minimum absolute atomic E-state index is 0.0136. The zero-order chi connectivity index (χ0) is 24.4. The number of hydrogen-bond acceptors (Lipinski definition) is 4. The Hall–Kier alpha value is -3.35. The van der Waals surface area contributed by atoms with Crippen LogP contribution in [-0.4, -0.2) is 53.7 Å². The molecular formula is C27H32N2O5. The summed E-state index contributed by atoms with van der Waals surface area (Å²) in [4.78, 5) is 38.5. The molecule has 0 bridgehead atoms. The van der Waals surface area contributed by atoms with Crippen LogP contribution < -0.4 is 5.32 Å². The molecular weight excluding hydrogens is 432 g/mol. The van der Waals surface area contributed by atoms with Gasteiger partial charge in [0.05, 0.1) is 5.92 Å². The highest BCUT2D eigenvalue weighted by molar-refractivity contribution is 5.81. The molecule has 2 aromatic rings. The zero-order valence-electron chi connectivity index (χ0n) is 19.9. The molecule has 1 saturated heterocycles. The Morgan fingerprint density at radius 3 is 2.15 bits per heavy atom. The average molecular weight is 465 g/mol. The number of benzene rings is 2. The fourth-order valence-corrected chi connectivity index (χ4v) is 5.05. The van der Waals surface area contributed by atoms with E-state index in [-0.39, 0.29) is 43.2 Å². The summed E-state index contributed by atoms with van der Waals surface area (Å²) in [6.45, 7) is 6.57. The highest BCUT2D eigenvalue weighted by atomic mass is 16.5. The van der Waals surface area contributed by atoms with Crippen LogP contribution in [0.25, 0.3) is 11.1 Å². The summed E-state index contributed by atoms with van der Waals surface area (Å²) in [7, 11) is 0. The normalized spacial score (nSPS) is 20.1. The van der Waals surface area contributed by atoms with Crippen molar-refractivity contribution in [1.29, 1.82) is 0 Å². The first-order valence-corrected chi connectivity index (χ1v) is 11.9. The SMILES string of the molecule is CC(C)C(CC(=O)N1CC(C)C(C(=O)O)C1)NC(=O)OCC1c2ccccc2-c2ccccc21. The number of likely N-dealkylation sites (tertiary alicyclic amines) is 1. The molecule has 3 unspecified atom stereocenters. The number of carboxylic acids is 1. The number of fused-ring (bicyclic) bond motifs is 3. The number of aliphatic carboxylic acids is 1. The van der Waals surface area contributed by atoms with E-state index >= 15 is 0 Å². The minimum atomic E-state index is -0.875. The summed E-state index contributed by atoms with van der Waals surface area (Å²) in [5.41, 5.74) is 4.61. The lowest BCUT2D eigenvalue weighted by atomic mass is 9.98. The van der Waals surface area contributed by atoms with Crippen LogP contribution in [0.4, 0.5) is 4.79 Å². The van der Waals surface area contributed by atoms with Crippen LogP contribution in [0.2, 0.25) is 0 Å². The summed E-state index contributed by atoms with van der Waals surface area (Å²) in [5, 5.41) is 12.2. The topological polar surface area (TPSA) is 95.9 Å². The van der Waals surface area contributed by atoms with Gasteiger partial charge in [0.1, 0.15) is 6.61 Å². The molecule has 0 aromatic heterocycles. The molecule has 2 amide bonds. The molecule has 180 valence electrons. The Balaban J connectivity index is 1.36. The van der Waals surface area contributed by atoms with E-state index in [0.717, 1.165) is 22.3 Å². The summed E-state index contributed by atoms with van der Waals surface area (Å²) in [6.07, 6.45) is -0.437. The Morgan fingerprint density at radius 1 is 1.03 bits per heavy atom. The smallest absolute Gasteiger partial charge is 0.407 e. The standard InChI is InChI=1S/C27H32N2O5/c1-16(2)24(12-25(30)29-13-17(3)22(14-29)26(31)32)28-27(33)34-15-23-20-10-6-4-8-18(20)19-9-5-7-11-21(19)23/h4-11,16-17,22-24H,12-15H2,1-3H3,(H,28,33)(H,31,32). The molecule has 1 fully saturated rings. The van der Waals surface area contributed by atoms with Crippen molar-refractivity contribution in [2.45, 2.75) is 39.2 Å². The van der Waals surface area contributed by atoms with Gasteiger partial charge in [-0.15, -0.1) is 0 Å². The van der Waals surface area contributed by atoms with Crippen LogP contribution >= 0.6 is 0 Å². The molecule has 4 rings (SSSR count). The summed E-state index contributed by atoms with van der Waals surface area (Å²) in [5.74, 6) is -1.67. The highest BCUT2D eigenvalue weighted by Crippen LogP contribution is 2.44. The van der Waals surface area contributed by atoms with Crippen LogP contribution in [-0.2, 0) is 14.3 Å². The van der Waals surface area contributed by atoms with Gasteiger partial charge in [0.25, 0.3) is 0 Å². The Bertz CT molecular complexity index is 1040. The first kappa shape index (κ1) is 23.8. The third-order valence-corrected chi connectivity index (χ3v) is 7.13. The van der Waals surface area contributed by atoms with Crippen LogP contribution in [0, 0.1) is 17.8 Å². The van der Waals surface area contributed by atoms with Crippen molar-refractivity contribution in [2.24, 2.45) is 17.8 Å². The number of carbonyl (C=O) groups is 3. The maximum Gasteiger partial charge on any atom is 0.407 e. The average Bonchev–Trinajstić information content (AvgIpc) is 3.35. The van der Waals surface area contributed by atoms with Crippen molar-refractivity contribution in [3.63, 3.8) is 0 Å². The van der Waals surface area contributed by atoms with E-state index < -0.39 is 24.0 Å². The largest absolute Gasteiger partial charge is 0.481 e. The van der Waals surface area contributed by atoms with Crippen molar-refractivity contribution in [2.75, 3.05) is 19.7 Å². The van der Waals surface area contributed by atoms with Crippen molar-refractivity contribution >= 4 is 18.0 Å². The molecule has 2 aliphatic rings. The van der Waals surface area contributed by atoms with Gasteiger partial charge < -0.3 is 20.1 Å². The van der Waals surface area contributed by atoms with Crippen molar-refractivity contribution < 1.29 is 24.2 Å². The molecule has 34 heavy (non-hydrogen) atoms.